The summed E-state index contributed by atoms with van der Waals surface area (Å²) < 4.78 is 67.8. The number of anilines is 2. The summed E-state index contributed by atoms with van der Waals surface area (Å²) in [6.07, 6.45) is 3.25. The molecule has 13 heteroatoms. The van der Waals surface area contributed by atoms with Crippen LogP contribution in [0.3, 0.4) is 0 Å². The molecule has 0 spiro atoms. The maximum Gasteiger partial charge on any atom is 0.263 e. The van der Waals surface area contributed by atoms with Crippen molar-refractivity contribution >= 4 is 31.7 Å². The Labute approximate surface area is 260 Å². The normalized spacial score (nSPS) is 11.4. The molecule has 4 aromatic carbocycles. The first-order valence-corrected chi connectivity index (χ1v) is 16.6. The van der Waals surface area contributed by atoms with Crippen molar-refractivity contribution in [2.24, 2.45) is 0 Å². The summed E-state index contributed by atoms with van der Waals surface area (Å²) in [4.78, 5) is 0.345. The van der Waals surface area contributed by atoms with Gasteiger partial charge < -0.3 is 0 Å². The molecule has 0 aliphatic rings. The summed E-state index contributed by atoms with van der Waals surface area (Å²) in [7, 11) is -7.40. The predicted molar refractivity (Wildman–Crippen MR) is 172 cm³/mol. The molecule has 6 rings (SSSR count). The third-order valence-corrected chi connectivity index (χ3v) is 9.37. The number of sulfonamides is 2. The minimum absolute atomic E-state index is 0.143. The van der Waals surface area contributed by atoms with Gasteiger partial charge in [0.05, 0.1) is 9.79 Å². The van der Waals surface area contributed by atoms with Crippen molar-refractivity contribution in [2.75, 3.05) is 9.44 Å². The van der Waals surface area contributed by atoms with E-state index in [1.165, 1.54) is 24.3 Å². The standard InChI is InChI=1S/C16H14FN3O2S.C16H15N3O2S/c1-11-9-12(17)7-8-14(11)15-10-18-19-16(15)20-23(21,22)13-5-3-2-4-6-13;1-12-6-5-7-13(10-12)15-11-17-18-16(15)19-22(20,21)14-8-3-2-4-9-14/h2-10H,1H3,(H2,18,19,20);2-11H,1H3,(H2,17,18,19). The molecular formula is C32H29FN6O4S2. The molecule has 0 fully saturated rings. The fourth-order valence-electron chi connectivity index (χ4n) is 4.47. The zero-order valence-corrected chi connectivity index (χ0v) is 25.8. The van der Waals surface area contributed by atoms with Crippen LogP contribution in [-0.2, 0) is 20.0 Å². The Kier molecular flexibility index (Phi) is 9.11. The monoisotopic (exact) mass is 644 g/mol. The number of hydrogen-bond acceptors (Lipinski definition) is 6. The second-order valence-electron chi connectivity index (χ2n) is 9.96. The molecule has 0 radical (unpaired) electrons. The Morgan fingerprint density at radius 1 is 0.600 bits per heavy atom. The van der Waals surface area contributed by atoms with Gasteiger partial charge in [0.2, 0.25) is 0 Å². The van der Waals surface area contributed by atoms with Gasteiger partial charge in [-0.15, -0.1) is 0 Å². The van der Waals surface area contributed by atoms with Gasteiger partial charge in [0.25, 0.3) is 20.0 Å². The summed E-state index contributed by atoms with van der Waals surface area (Å²) in [6, 6.07) is 28.3. The average Bonchev–Trinajstić information content (AvgIpc) is 3.67. The molecule has 0 aliphatic carbocycles. The first-order valence-electron chi connectivity index (χ1n) is 13.6. The lowest BCUT2D eigenvalue weighted by Gasteiger charge is -2.09. The molecule has 0 unspecified atom stereocenters. The highest BCUT2D eigenvalue weighted by Crippen LogP contribution is 2.31. The largest absolute Gasteiger partial charge is 0.283 e. The van der Waals surface area contributed by atoms with Crippen LogP contribution in [0.1, 0.15) is 11.1 Å². The molecule has 0 amide bonds. The molecule has 10 nitrogen and oxygen atoms in total. The number of hydrogen-bond donors (Lipinski definition) is 4. The van der Waals surface area contributed by atoms with Crippen molar-refractivity contribution in [1.29, 1.82) is 0 Å². The van der Waals surface area contributed by atoms with Crippen LogP contribution < -0.4 is 9.44 Å². The van der Waals surface area contributed by atoms with Gasteiger partial charge in [0.15, 0.2) is 11.6 Å². The van der Waals surface area contributed by atoms with Gasteiger partial charge in [-0.25, -0.2) is 21.2 Å². The van der Waals surface area contributed by atoms with E-state index in [4.69, 9.17) is 0 Å². The third-order valence-electron chi connectivity index (χ3n) is 6.66. The number of H-pyrrole nitrogens is 2. The van der Waals surface area contributed by atoms with Crippen LogP contribution in [0.2, 0.25) is 0 Å². The Bertz CT molecular complexity index is 2130. The third kappa shape index (κ3) is 7.45. The summed E-state index contributed by atoms with van der Waals surface area (Å²) in [5, 5.41) is 13.3. The second-order valence-corrected chi connectivity index (χ2v) is 13.3. The number of nitrogens with zero attached hydrogens (tertiary/aromatic N) is 2. The van der Waals surface area contributed by atoms with Crippen molar-refractivity contribution in [3.05, 3.63) is 132 Å². The number of aromatic amines is 2. The molecule has 0 atom stereocenters. The number of halogens is 1. The Balaban J connectivity index is 0.000000178. The highest BCUT2D eigenvalue weighted by molar-refractivity contribution is 7.93. The number of aryl methyl sites for hydroxylation is 2. The lowest BCUT2D eigenvalue weighted by molar-refractivity contribution is 0.599. The van der Waals surface area contributed by atoms with Crippen LogP contribution in [0.5, 0.6) is 0 Å². The lowest BCUT2D eigenvalue weighted by Crippen LogP contribution is -2.13. The van der Waals surface area contributed by atoms with E-state index in [2.05, 4.69) is 29.8 Å². The van der Waals surface area contributed by atoms with E-state index in [1.54, 1.807) is 73.9 Å². The fraction of sp³-hybridized carbons (Fsp3) is 0.0625. The zero-order chi connectivity index (χ0) is 32.0. The van der Waals surface area contributed by atoms with Crippen molar-refractivity contribution < 1.29 is 21.2 Å². The molecule has 45 heavy (non-hydrogen) atoms. The minimum Gasteiger partial charge on any atom is -0.283 e. The van der Waals surface area contributed by atoms with Crippen LogP contribution in [0, 0.1) is 19.7 Å². The number of rotatable bonds is 8. The second kappa shape index (κ2) is 13.2. The average molecular weight is 645 g/mol. The molecular weight excluding hydrogens is 616 g/mol. The van der Waals surface area contributed by atoms with Crippen LogP contribution in [0.15, 0.2) is 125 Å². The van der Waals surface area contributed by atoms with E-state index in [1.807, 2.05) is 31.2 Å². The number of nitrogens with one attached hydrogen (secondary N) is 4. The SMILES string of the molecule is Cc1cc(F)ccc1-c1c[nH]nc1NS(=O)(=O)c1ccccc1.Cc1cccc(-c2c[nH]nc2NS(=O)(=O)c2ccccc2)c1. The van der Waals surface area contributed by atoms with E-state index in [9.17, 15) is 21.2 Å². The Morgan fingerprint density at radius 2 is 1.13 bits per heavy atom. The first kappa shape index (κ1) is 31.2. The molecule has 0 saturated heterocycles. The summed E-state index contributed by atoms with van der Waals surface area (Å²) in [6.45, 7) is 3.73. The van der Waals surface area contributed by atoms with Crippen molar-refractivity contribution in [3.8, 4) is 22.3 Å². The molecule has 2 aromatic heterocycles. The molecule has 6 aromatic rings. The van der Waals surface area contributed by atoms with Crippen molar-refractivity contribution in [2.45, 2.75) is 23.6 Å². The molecule has 2 heterocycles. The van der Waals surface area contributed by atoms with E-state index >= 15 is 0 Å². The first-order chi connectivity index (χ1) is 21.5. The molecule has 0 bridgehead atoms. The van der Waals surface area contributed by atoms with Gasteiger partial charge in [0, 0.05) is 23.5 Å². The summed E-state index contributed by atoms with van der Waals surface area (Å²) in [5.74, 6) is 0.110. The minimum atomic E-state index is -3.74. The smallest absolute Gasteiger partial charge is 0.263 e. The molecule has 230 valence electrons. The van der Waals surface area contributed by atoms with Gasteiger partial charge in [-0.2, -0.15) is 10.2 Å². The maximum absolute atomic E-state index is 13.2. The topological polar surface area (TPSA) is 150 Å². The predicted octanol–water partition coefficient (Wildman–Crippen LogP) is 6.51. The van der Waals surface area contributed by atoms with E-state index in [0.717, 1.165) is 11.1 Å². The van der Waals surface area contributed by atoms with Crippen LogP contribution in [0.4, 0.5) is 16.0 Å². The number of aromatic nitrogens is 4. The van der Waals surface area contributed by atoms with Crippen molar-refractivity contribution in [1.82, 2.24) is 20.4 Å². The molecule has 0 aliphatic heterocycles. The number of benzene rings is 4. The summed E-state index contributed by atoms with van der Waals surface area (Å²) >= 11 is 0. The van der Waals surface area contributed by atoms with Crippen LogP contribution >= 0.6 is 0 Å². The van der Waals surface area contributed by atoms with E-state index in [0.29, 0.717) is 22.3 Å². The van der Waals surface area contributed by atoms with Gasteiger partial charge in [-0.1, -0.05) is 72.3 Å². The Morgan fingerprint density at radius 3 is 1.67 bits per heavy atom. The van der Waals surface area contributed by atoms with E-state index < -0.39 is 20.0 Å². The fourth-order valence-corrected chi connectivity index (χ4v) is 6.56. The lowest BCUT2D eigenvalue weighted by atomic mass is 10.0. The maximum atomic E-state index is 13.2. The zero-order valence-electron chi connectivity index (χ0n) is 24.2. The van der Waals surface area contributed by atoms with Crippen LogP contribution in [0.25, 0.3) is 22.3 Å². The molecule has 4 N–H and O–H groups in total. The highest BCUT2D eigenvalue weighted by Gasteiger charge is 2.20. The van der Waals surface area contributed by atoms with Gasteiger partial charge in [0.1, 0.15) is 5.82 Å². The van der Waals surface area contributed by atoms with Gasteiger partial charge >= 0.3 is 0 Å². The van der Waals surface area contributed by atoms with Gasteiger partial charge in [-0.05, 0) is 66.9 Å². The van der Waals surface area contributed by atoms with E-state index in [-0.39, 0.29) is 27.2 Å². The Hall–Kier alpha value is -5.27. The molecule has 0 saturated carbocycles. The summed E-state index contributed by atoms with van der Waals surface area (Å²) in [5.41, 5.74) is 4.65. The van der Waals surface area contributed by atoms with Gasteiger partial charge in [-0.3, -0.25) is 19.6 Å². The van der Waals surface area contributed by atoms with Crippen LogP contribution in [-0.4, -0.2) is 37.2 Å². The quantitative estimate of drug-likeness (QED) is 0.148. The van der Waals surface area contributed by atoms with Crippen molar-refractivity contribution in [3.63, 3.8) is 0 Å². The highest BCUT2D eigenvalue weighted by atomic mass is 32.2.